The van der Waals surface area contributed by atoms with Gasteiger partial charge >= 0.3 is 5.97 Å². The summed E-state index contributed by atoms with van der Waals surface area (Å²) in [7, 11) is -2.06. The second-order valence-corrected chi connectivity index (χ2v) is 11.5. The number of methoxy groups -OCH3 is 1. The van der Waals surface area contributed by atoms with E-state index in [0.29, 0.717) is 12.8 Å². The fourth-order valence-electron chi connectivity index (χ4n) is 4.76. The van der Waals surface area contributed by atoms with Gasteiger partial charge in [0.25, 0.3) is 0 Å². The van der Waals surface area contributed by atoms with Crippen LogP contribution in [-0.4, -0.2) is 57.0 Å². The molecule has 3 N–H and O–H groups in total. The van der Waals surface area contributed by atoms with Crippen molar-refractivity contribution in [2.24, 2.45) is 0 Å². The van der Waals surface area contributed by atoms with Gasteiger partial charge in [-0.05, 0) is 55.1 Å². The minimum absolute atomic E-state index is 0.0491. The molecule has 0 amide bonds. The van der Waals surface area contributed by atoms with Gasteiger partial charge < -0.3 is 20.5 Å². The van der Waals surface area contributed by atoms with Crippen molar-refractivity contribution in [3.05, 3.63) is 84.4 Å². The molecule has 0 aliphatic carbocycles. The number of hydrogen-bond donors (Lipinski definition) is 3. The van der Waals surface area contributed by atoms with Crippen LogP contribution in [0.3, 0.4) is 0 Å². The fourth-order valence-corrected chi connectivity index (χ4v) is 6.75. The van der Waals surface area contributed by atoms with Crippen LogP contribution < -0.4 is 15.4 Å². The lowest BCUT2D eigenvalue weighted by Gasteiger charge is -2.38. The summed E-state index contributed by atoms with van der Waals surface area (Å²) in [6.07, 6.45) is 1.40. The molecule has 8 heteroatoms. The zero-order valence-corrected chi connectivity index (χ0v) is 21.1. The number of para-hydroxylation sites is 1. The number of hydrogen-bond acceptors (Lipinski definition) is 6. The molecule has 1 fully saturated rings. The molecule has 1 saturated heterocycles. The van der Waals surface area contributed by atoms with Gasteiger partial charge in [-0.1, -0.05) is 60.7 Å². The highest BCUT2D eigenvalue weighted by Gasteiger charge is 2.46. The van der Waals surface area contributed by atoms with Crippen LogP contribution in [0.4, 0.5) is 0 Å². The van der Waals surface area contributed by atoms with Crippen molar-refractivity contribution in [2.45, 2.75) is 34.9 Å². The summed E-state index contributed by atoms with van der Waals surface area (Å²) in [5, 5.41) is 16.2. The molecule has 36 heavy (non-hydrogen) atoms. The standard InChI is InChI=1S/C28H32N2O5S/c1-35-26-11-6-5-10-24(26)22-14-12-21(13-15-22)18-25(27(31)32)30-20-28(16-7-17-29-19-28)36(33,34)23-8-3-2-4-9-23/h2-6,8-15,25,29-30H,7,16-20H2,1H3,(H,31,32)/t25-,28?/m0/s1. The van der Waals surface area contributed by atoms with Gasteiger partial charge in [0.05, 0.1) is 12.0 Å². The summed E-state index contributed by atoms with van der Waals surface area (Å²) in [6, 6.07) is 22.9. The molecule has 0 spiro atoms. The Morgan fingerprint density at radius 3 is 2.39 bits per heavy atom. The zero-order valence-electron chi connectivity index (χ0n) is 20.3. The maximum atomic E-state index is 13.6. The van der Waals surface area contributed by atoms with Crippen LogP contribution in [0.5, 0.6) is 5.75 Å². The molecule has 1 aliphatic heterocycles. The van der Waals surface area contributed by atoms with E-state index in [2.05, 4.69) is 10.6 Å². The summed E-state index contributed by atoms with van der Waals surface area (Å²) in [4.78, 5) is 12.4. The van der Waals surface area contributed by atoms with Gasteiger partial charge in [-0.3, -0.25) is 4.79 Å². The van der Waals surface area contributed by atoms with E-state index in [0.717, 1.165) is 29.0 Å². The average molecular weight is 509 g/mol. The highest BCUT2D eigenvalue weighted by Crippen LogP contribution is 2.32. The van der Waals surface area contributed by atoms with Crippen molar-refractivity contribution in [3.8, 4) is 16.9 Å². The number of carbonyl (C=O) groups is 1. The predicted molar refractivity (Wildman–Crippen MR) is 140 cm³/mol. The van der Waals surface area contributed by atoms with Crippen LogP contribution in [0.1, 0.15) is 18.4 Å². The smallest absolute Gasteiger partial charge is 0.321 e. The Bertz CT molecular complexity index is 1270. The number of carboxylic acid groups (broad SMARTS) is 1. The molecular weight excluding hydrogens is 476 g/mol. The number of ether oxygens (including phenoxy) is 1. The van der Waals surface area contributed by atoms with Crippen molar-refractivity contribution in [3.63, 3.8) is 0 Å². The van der Waals surface area contributed by atoms with Gasteiger partial charge in [0.15, 0.2) is 9.84 Å². The van der Waals surface area contributed by atoms with Crippen LogP contribution >= 0.6 is 0 Å². The number of rotatable bonds is 10. The van der Waals surface area contributed by atoms with Crippen LogP contribution in [0.2, 0.25) is 0 Å². The van der Waals surface area contributed by atoms with Gasteiger partial charge in [-0.2, -0.15) is 0 Å². The van der Waals surface area contributed by atoms with Gasteiger partial charge in [0, 0.05) is 18.7 Å². The van der Waals surface area contributed by atoms with Crippen molar-refractivity contribution in [1.82, 2.24) is 10.6 Å². The molecule has 3 aromatic carbocycles. The topological polar surface area (TPSA) is 105 Å². The van der Waals surface area contributed by atoms with E-state index in [1.165, 1.54) is 0 Å². The number of sulfone groups is 1. The zero-order chi connectivity index (χ0) is 25.6. The van der Waals surface area contributed by atoms with Crippen LogP contribution in [0.25, 0.3) is 11.1 Å². The van der Waals surface area contributed by atoms with E-state index in [9.17, 15) is 18.3 Å². The minimum atomic E-state index is -3.69. The average Bonchev–Trinajstić information content (AvgIpc) is 2.92. The molecule has 4 rings (SSSR count). The van der Waals surface area contributed by atoms with Crippen LogP contribution in [0.15, 0.2) is 83.8 Å². The Morgan fingerprint density at radius 1 is 1.06 bits per heavy atom. The summed E-state index contributed by atoms with van der Waals surface area (Å²) in [6.45, 7) is 1.07. The first kappa shape index (κ1) is 25.9. The first-order chi connectivity index (χ1) is 17.4. The van der Waals surface area contributed by atoms with E-state index < -0.39 is 26.6 Å². The maximum absolute atomic E-state index is 13.6. The van der Waals surface area contributed by atoms with Crippen molar-refractivity contribution < 1.29 is 23.1 Å². The lowest BCUT2D eigenvalue weighted by molar-refractivity contribution is -0.139. The number of carboxylic acids is 1. The third-order valence-corrected chi connectivity index (χ3v) is 9.36. The van der Waals surface area contributed by atoms with E-state index in [4.69, 9.17) is 4.74 Å². The Kier molecular flexibility index (Phi) is 8.08. The summed E-state index contributed by atoms with van der Waals surface area (Å²) < 4.78 is 31.6. The maximum Gasteiger partial charge on any atom is 0.321 e. The van der Waals surface area contributed by atoms with Gasteiger partial charge in [-0.15, -0.1) is 0 Å². The molecule has 1 aliphatic rings. The molecule has 7 nitrogen and oxygen atoms in total. The Labute approximate surface area is 212 Å². The highest BCUT2D eigenvalue weighted by atomic mass is 32.2. The SMILES string of the molecule is COc1ccccc1-c1ccc(C[C@H](NCC2(S(=O)(=O)c3ccccc3)CCCNC2)C(=O)O)cc1. The molecule has 0 aromatic heterocycles. The number of aliphatic carboxylic acids is 1. The monoisotopic (exact) mass is 508 g/mol. The van der Waals surface area contributed by atoms with E-state index in [1.54, 1.807) is 37.4 Å². The third-order valence-electron chi connectivity index (χ3n) is 6.84. The second kappa shape index (κ2) is 11.2. The van der Waals surface area contributed by atoms with Crippen molar-refractivity contribution in [2.75, 3.05) is 26.7 Å². The third kappa shape index (κ3) is 5.46. The van der Waals surface area contributed by atoms with Crippen LogP contribution in [0, 0.1) is 0 Å². The molecule has 0 radical (unpaired) electrons. The molecule has 3 aromatic rings. The van der Waals surface area contributed by atoms with Crippen molar-refractivity contribution in [1.29, 1.82) is 0 Å². The van der Waals surface area contributed by atoms with Gasteiger partial charge in [-0.25, -0.2) is 8.42 Å². The second-order valence-electron chi connectivity index (χ2n) is 9.15. The minimum Gasteiger partial charge on any atom is -0.496 e. The number of benzene rings is 3. The predicted octanol–water partition coefficient (Wildman–Crippen LogP) is 3.54. The molecule has 0 bridgehead atoms. The molecule has 190 valence electrons. The lowest BCUT2D eigenvalue weighted by Crippen LogP contribution is -2.59. The molecule has 1 heterocycles. The molecule has 1 unspecified atom stereocenters. The Balaban J connectivity index is 1.52. The normalized spacial score (nSPS) is 18.9. The highest BCUT2D eigenvalue weighted by molar-refractivity contribution is 7.93. The largest absolute Gasteiger partial charge is 0.496 e. The Morgan fingerprint density at radius 2 is 1.75 bits per heavy atom. The quantitative estimate of drug-likeness (QED) is 0.385. The van der Waals surface area contributed by atoms with Gasteiger partial charge in [0.1, 0.15) is 16.5 Å². The first-order valence-corrected chi connectivity index (χ1v) is 13.5. The molecular formula is C28H32N2O5S. The number of piperidine rings is 1. The summed E-state index contributed by atoms with van der Waals surface area (Å²) in [5.74, 6) is -0.249. The van der Waals surface area contributed by atoms with Crippen molar-refractivity contribution >= 4 is 15.8 Å². The lowest BCUT2D eigenvalue weighted by atomic mass is 9.96. The summed E-state index contributed by atoms with van der Waals surface area (Å²) >= 11 is 0. The van der Waals surface area contributed by atoms with E-state index >= 15 is 0 Å². The Hall–Kier alpha value is -3.20. The molecule has 0 saturated carbocycles. The van der Waals surface area contributed by atoms with E-state index in [-0.39, 0.29) is 24.4 Å². The molecule has 2 atom stereocenters. The van der Waals surface area contributed by atoms with Gasteiger partial charge in [0.2, 0.25) is 0 Å². The number of nitrogens with one attached hydrogen (secondary N) is 2. The first-order valence-electron chi connectivity index (χ1n) is 12.1. The van der Waals surface area contributed by atoms with E-state index in [1.807, 2.05) is 48.5 Å². The summed E-state index contributed by atoms with van der Waals surface area (Å²) in [5.41, 5.74) is 2.77. The van der Waals surface area contributed by atoms with Crippen LogP contribution in [-0.2, 0) is 21.1 Å². The fraction of sp³-hybridized carbons (Fsp3) is 0.321.